The molecule has 1 aliphatic rings. The molecule has 0 bridgehead atoms. The summed E-state index contributed by atoms with van der Waals surface area (Å²) in [6.45, 7) is 3.59. The van der Waals surface area contributed by atoms with E-state index < -0.39 is 11.6 Å². The van der Waals surface area contributed by atoms with Gasteiger partial charge in [0, 0.05) is 26.7 Å². The number of hydrogen-bond acceptors (Lipinski definition) is 2. The van der Waals surface area contributed by atoms with E-state index in [4.69, 9.17) is 4.74 Å². The predicted octanol–water partition coefficient (Wildman–Crippen LogP) is 2.89. The average molecular weight is 312 g/mol. The lowest BCUT2D eigenvalue weighted by atomic mass is 10.0. The van der Waals surface area contributed by atoms with Gasteiger partial charge in [-0.3, -0.25) is 0 Å². The normalized spacial score (nSPS) is 17.4. The van der Waals surface area contributed by atoms with Gasteiger partial charge in [0.05, 0.1) is 6.10 Å². The molecule has 1 heterocycles. The molecule has 1 aromatic carbocycles. The topological polar surface area (TPSA) is 41.6 Å². The Morgan fingerprint density at radius 2 is 2.05 bits per heavy atom. The zero-order valence-corrected chi connectivity index (χ0v) is 12.9. The number of urea groups is 1. The van der Waals surface area contributed by atoms with E-state index >= 15 is 0 Å². The van der Waals surface area contributed by atoms with Crippen molar-refractivity contribution in [3.63, 3.8) is 0 Å². The summed E-state index contributed by atoms with van der Waals surface area (Å²) in [5.74, 6) is -1.81. The lowest BCUT2D eigenvalue weighted by Crippen LogP contribution is -2.46. The first-order chi connectivity index (χ1) is 10.5. The zero-order chi connectivity index (χ0) is 16.1. The van der Waals surface area contributed by atoms with Crippen molar-refractivity contribution in [1.82, 2.24) is 10.2 Å². The van der Waals surface area contributed by atoms with Gasteiger partial charge >= 0.3 is 6.03 Å². The van der Waals surface area contributed by atoms with E-state index in [2.05, 4.69) is 5.32 Å². The minimum Gasteiger partial charge on any atom is -0.381 e. The Balaban J connectivity index is 1.81. The van der Waals surface area contributed by atoms with E-state index in [1.807, 2.05) is 6.92 Å². The van der Waals surface area contributed by atoms with E-state index in [1.165, 1.54) is 6.07 Å². The van der Waals surface area contributed by atoms with E-state index in [-0.39, 0.29) is 18.1 Å². The SMILES string of the molecule is COC1CCN(C(=O)NC[C@@H](C)c2ccc(F)c(F)c2)CC1. The first-order valence-electron chi connectivity index (χ1n) is 7.51. The number of nitrogens with zero attached hydrogens (tertiary/aromatic N) is 1. The molecule has 1 N–H and O–H groups in total. The van der Waals surface area contributed by atoms with Crippen molar-refractivity contribution in [3.05, 3.63) is 35.4 Å². The molecule has 1 aromatic rings. The van der Waals surface area contributed by atoms with Gasteiger partial charge < -0.3 is 15.0 Å². The van der Waals surface area contributed by atoms with Gasteiger partial charge in [0.2, 0.25) is 0 Å². The molecular formula is C16H22F2N2O2. The van der Waals surface area contributed by atoms with Crippen LogP contribution in [-0.2, 0) is 4.74 Å². The van der Waals surface area contributed by atoms with Crippen LogP contribution in [0.3, 0.4) is 0 Å². The van der Waals surface area contributed by atoms with Crippen molar-refractivity contribution in [2.24, 2.45) is 0 Å². The third-order valence-corrected chi connectivity index (χ3v) is 4.13. The van der Waals surface area contributed by atoms with E-state index in [9.17, 15) is 13.6 Å². The molecule has 1 atom stereocenters. The number of piperidine rings is 1. The summed E-state index contributed by atoms with van der Waals surface area (Å²) in [6, 6.07) is 3.71. The minimum absolute atomic E-state index is 0.0874. The second-order valence-electron chi connectivity index (χ2n) is 5.68. The van der Waals surface area contributed by atoms with Crippen molar-refractivity contribution < 1.29 is 18.3 Å². The summed E-state index contributed by atoms with van der Waals surface area (Å²) in [5.41, 5.74) is 0.664. The Labute approximate surface area is 129 Å². The summed E-state index contributed by atoms with van der Waals surface area (Å²) in [5, 5.41) is 2.85. The predicted molar refractivity (Wildman–Crippen MR) is 79.8 cm³/mol. The summed E-state index contributed by atoms with van der Waals surface area (Å²) in [7, 11) is 1.68. The molecule has 0 unspecified atom stereocenters. The van der Waals surface area contributed by atoms with Crippen LogP contribution in [-0.4, -0.2) is 43.8 Å². The Bertz CT molecular complexity index is 517. The highest BCUT2D eigenvalue weighted by Crippen LogP contribution is 2.18. The van der Waals surface area contributed by atoms with Crippen LogP contribution in [0.15, 0.2) is 18.2 Å². The Morgan fingerprint density at radius 1 is 1.36 bits per heavy atom. The number of carbonyl (C=O) groups excluding carboxylic acids is 1. The molecule has 6 heteroatoms. The molecule has 22 heavy (non-hydrogen) atoms. The lowest BCUT2D eigenvalue weighted by Gasteiger charge is -2.31. The highest BCUT2D eigenvalue weighted by Gasteiger charge is 2.22. The third-order valence-electron chi connectivity index (χ3n) is 4.13. The van der Waals surface area contributed by atoms with Crippen molar-refractivity contribution in [2.75, 3.05) is 26.7 Å². The maximum absolute atomic E-state index is 13.2. The minimum atomic E-state index is -0.864. The largest absolute Gasteiger partial charge is 0.381 e. The maximum Gasteiger partial charge on any atom is 0.317 e. The van der Waals surface area contributed by atoms with Crippen LogP contribution in [0, 0.1) is 11.6 Å². The summed E-state index contributed by atoms with van der Waals surface area (Å²) in [6.07, 6.45) is 1.90. The van der Waals surface area contributed by atoms with Gasteiger partial charge in [0.25, 0.3) is 0 Å². The number of likely N-dealkylation sites (tertiary alicyclic amines) is 1. The quantitative estimate of drug-likeness (QED) is 0.929. The first kappa shape index (κ1) is 16.7. The Hall–Kier alpha value is -1.69. The molecule has 2 rings (SSSR count). The van der Waals surface area contributed by atoms with E-state index in [1.54, 1.807) is 18.1 Å². The molecule has 0 aliphatic carbocycles. The number of amides is 2. The van der Waals surface area contributed by atoms with Crippen LogP contribution >= 0.6 is 0 Å². The van der Waals surface area contributed by atoms with Gasteiger partial charge in [0.15, 0.2) is 11.6 Å². The fourth-order valence-electron chi connectivity index (χ4n) is 2.58. The summed E-state index contributed by atoms with van der Waals surface area (Å²) in [4.78, 5) is 13.8. The van der Waals surface area contributed by atoms with Gasteiger partial charge in [0.1, 0.15) is 0 Å². The van der Waals surface area contributed by atoms with Gasteiger partial charge in [-0.15, -0.1) is 0 Å². The molecule has 1 saturated heterocycles. The number of ether oxygens (including phenoxy) is 1. The van der Waals surface area contributed by atoms with Crippen LogP contribution in [0.1, 0.15) is 31.2 Å². The smallest absolute Gasteiger partial charge is 0.317 e. The molecule has 4 nitrogen and oxygen atoms in total. The molecular weight excluding hydrogens is 290 g/mol. The highest BCUT2D eigenvalue weighted by molar-refractivity contribution is 5.74. The van der Waals surface area contributed by atoms with Gasteiger partial charge in [-0.25, -0.2) is 13.6 Å². The Kier molecular flexibility index (Phi) is 5.71. The Morgan fingerprint density at radius 3 is 2.64 bits per heavy atom. The fourth-order valence-corrected chi connectivity index (χ4v) is 2.58. The molecule has 1 fully saturated rings. The van der Waals surface area contributed by atoms with Gasteiger partial charge in [-0.1, -0.05) is 13.0 Å². The molecule has 1 aliphatic heterocycles. The molecule has 0 aromatic heterocycles. The number of methoxy groups -OCH3 is 1. The number of rotatable bonds is 4. The number of halogens is 2. The summed E-state index contributed by atoms with van der Waals surface area (Å²) < 4.78 is 31.4. The van der Waals surface area contributed by atoms with Crippen molar-refractivity contribution in [2.45, 2.75) is 31.8 Å². The van der Waals surface area contributed by atoms with Crippen LogP contribution in [0.5, 0.6) is 0 Å². The molecule has 122 valence electrons. The van der Waals surface area contributed by atoms with Crippen molar-refractivity contribution >= 4 is 6.03 Å². The van der Waals surface area contributed by atoms with Crippen LogP contribution in [0.4, 0.5) is 13.6 Å². The highest BCUT2D eigenvalue weighted by atomic mass is 19.2. The molecule has 0 saturated carbocycles. The fraction of sp³-hybridized carbons (Fsp3) is 0.562. The standard InChI is InChI=1S/C16H22F2N2O2/c1-11(12-3-4-14(17)15(18)9-12)10-19-16(21)20-7-5-13(22-2)6-8-20/h3-4,9,11,13H,5-8,10H2,1-2H3,(H,19,21)/t11-/m1/s1. The first-order valence-corrected chi connectivity index (χ1v) is 7.51. The van der Waals surface area contributed by atoms with E-state index in [0.717, 1.165) is 18.9 Å². The van der Waals surface area contributed by atoms with Crippen molar-refractivity contribution in [1.29, 1.82) is 0 Å². The number of carbonyl (C=O) groups is 1. The molecule has 0 spiro atoms. The second kappa shape index (κ2) is 7.54. The number of hydrogen-bond donors (Lipinski definition) is 1. The average Bonchev–Trinajstić information content (AvgIpc) is 2.54. The number of nitrogens with one attached hydrogen (secondary N) is 1. The maximum atomic E-state index is 13.2. The monoisotopic (exact) mass is 312 g/mol. The van der Waals surface area contributed by atoms with Crippen LogP contribution in [0.2, 0.25) is 0 Å². The van der Waals surface area contributed by atoms with Crippen LogP contribution < -0.4 is 5.32 Å². The zero-order valence-electron chi connectivity index (χ0n) is 12.9. The third kappa shape index (κ3) is 4.16. The van der Waals surface area contributed by atoms with Gasteiger partial charge in [-0.2, -0.15) is 0 Å². The molecule has 2 amide bonds. The van der Waals surface area contributed by atoms with Crippen LogP contribution in [0.25, 0.3) is 0 Å². The van der Waals surface area contributed by atoms with E-state index in [0.29, 0.717) is 25.2 Å². The summed E-state index contributed by atoms with van der Waals surface area (Å²) >= 11 is 0. The lowest BCUT2D eigenvalue weighted by molar-refractivity contribution is 0.0503. The van der Waals surface area contributed by atoms with Gasteiger partial charge in [-0.05, 0) is 36.5 Å². The molecule has 0 radical (unpaired) electrons. The number of benzene rings is 1. The van der Waals surface area contributed by atoms with Crippen molar-refractivity contribution in [3.8, 4) is 0 Å². The second-order valence-corrected chi connectivity index (χ2v) is 5.68.